The van der Waals surface area contributed by atoms with Crippen LogP contribution in [0.2, 0.25) is 0 Å². The van der Waals surface area contributed by atoms with Gasteiger partial charge in [0.15, 0.2) is 5.96 Å². The van der Waals surface area contributed by atoms with Gasteiger partial charge in [0.25, 0.3) is 0 Å². The molecule has 1 aromatic carbocycles. The minimum Gasteiger partial charge on any atom is -0.357 e. The van der Waals surface area contributed by atoms with Gasteiger partial charge in [0, 0.05) is 42.2 Å². The molecule has 0 aliphatic rings. The van der Waals surface area contributed by atoms with Crippen LogP contribution in [0.4, 0.5) is 8.78 Å². The SMILES string of the molecule is CCNC(=NCCc1ncc(C)s1)NC(C)c1ccc(F)cc1F.I. The first kappa shape index (κ1) is 21.8. The van der Waals surface area contributed by atoms with E-state index in [0.717, 1.165) is 17.5 Å². The zero-order chi connectivity index (χ0) is 17.5. The minimum absolute atomic E-state index is 0. The van der Waals surface area contributed by atoms with E-state index in [4.69, 9.17) is 0 Å². The molecule has 0 amide bonds. The summed E-state index contributed by atoms with van der Waals surface area (Å²) in [6.45, 7) is 7.08. The van der Waals surface area contributed by atoms with Crippen molar-refractivity contribution in [2.75, 3.05) is 13.1 Å². The highest BCUT2D eigenvalue weighted by Crippen LogP contribution is 2.17. The molecule has 0 saturated carbocycles. The molecule has 0 saturated heterocycles. The number of halogens is 3. The molecule has 138 valence electrons. The summed E-state index contributed by atoms with van der Waals surface area (Å²) in [4.78, 5) is 9.99. The Bertz CT molecular complexity index is 706. The van der Waals surface area contributed by atoms with Crippen LogP contribution in [0.1, 0.15) is 35.3 Å². The fourth-order valence-corrected chi connectivity index (χ4v) is 3.01. The van der Waals surface area contributed by atoms with Crippen molar-refractivity contribution >= 4 is 41.3 Å². The van der Waals surface area contributed by atoms with Crippen LogP contribution < -0.4 is 10.6 Å². The van der Waals surface area contributed by atoms with Crippen LogP contribution in [0, 0.1) is 18.6 Å². The summed E-state index contributed by atoms with van der Waals surface area (Å²) in [5, 5.41) is 7.32. The molecule has 1 unspecified atom stereocenters. The van der Waals surface area contributed by atoms with Gasteiger partial charge >= 0.3 is 0 Å². The van der Waals surface area contributed by atoms with Gasteiger partial charge < -0.3 is 10.6 Å². The Morgan fingerprint density at radius 1 is 1.36 bits per heavy atom. The van der Waals surface area contributed by atoms with Crippen molar-refractivity contribution in [1.29, 1.82) is 0 Å². The normalized spacial score (nSPS) is 12.4. The quantitative estimate of drug-likeness (QED) is 0.370. The molecule has 0 aliphatic heterocycles. The monoisotopic (exact) mass is 480 g/mol. The van der Waals surface area contributed by atoms with Crippen molar-refractivity contribution in [3.05, 3.63) is 51.5 Å². The van der Waals surface area contributed by atoms with E-state index in [0.29, 0.717) is 24.6 Å². The molecule has 0 spiro atoms. The highest BCUT2D eigenvalue weighted by molar-refractivity contribution is 14.0. The molecule has 2 N–H and O–H groups in total. The van der Waals surface area contributed by atoms with Crippen molar-refractivity contribution in [2.45, 2.75) is 33.2 Å². The third-order valence-electron chi connectivity index (χ3n) is 3.39. The summed E-state index contributed by atoms with van der Waals surface area (Å²) in [6.07, 6.45) is 2.61. The number of guanidine groups is 1. The number of aliphatic imine (C=N–C) groups is 1. The molecule has 1 heterocycles. The van der Waals surface area contributed by atoms with Crippen molar-refractivity contribution in [3.63, 3.8) is 0 Å². The molecule has 8 heteroatoms. The maximum atomic E-state index is 13.9. The van der Waals surface area contributed by atoms with Crippen LogP contribution in [0.25, 0.3) is 0 Å². The molecule has 2 rings (SSSR count). The smallest absolute Gasteiger partial charge is 0.191 e. The van der Waals surface area contributed by atoms with E-state index >= 15 is 0 Å². The molecule has 1 atom stereocenters. The number of aromatic nitrogens is 1. The average molecular weight is 480 g/mol. The summed E-state index contributed by atoms with van der Waals surface area (Å²) in [7, 11) is 0. The number of rotatable bonds is 6. The zero-order valence-corrected chi connectivity index (χ0v) is 17.6. The van der Waals surface area contributed by atoms with Crippen molar-refractivity contribution in [1.82, 2.24) is 15.6 Å². The Hall–Kier alpha value is -1.29. The highest BCUT2D eigenvalue weighted by atomic mass is 127. The fourth-order valence-electron chi connectivity index (χ4n) is 2.24. The summed E-state index contributed by atoms with van der Waals surface area (Å²) in [5.41, 5.74) is 0.401. The number of hydrogen-bond acceptors (Lipinski definition) is 3. The van der Waals surface area contributed by atoms with E-state index < -0.39 is 11.6 Å². The van der Waals surface area contributed by atoms with Crippen LogP contribution in [-0.2, 0) is 6.42 Å². The molecule has 2 aromatic rings. The number of nitrogens with one attached hydrogen (secondary N) is 2. The number of benzene rings is 1. The lowest BCUT2D eigenvalue weighted by molar-refractivity contribution is 0.551. The number of hydrogen-bond donors (Lipinski definition) is 2. The zero-order valence-electron chi connectivity index (χ0n) is 14.5. The number of thiazole rings is 1. The molecule has 0 fully saturated rings. The van der Waals surface area contributed by atoms with Gasteiger partial charge in [-0.2, -0.15) is 0 Å². The second-order valence-electron chi connectivity index (χ2n) is 5.41. The molecule has 0 aliphatic carbocycles. The summed E-state index contributed by atoms with van der Waals surface area (Å²) >= 11 is 1.66. The first-order chi connectivity index (χ1) is 11.5. The molecule has 1 aromatic heterocycles. The largest absolute Gasteiger partial charge is 0.357 e. The minimum atomic E-state index is -0.581. The lowest BCUT2D eigenvalue weighted by Gasteiger charge is -2.18. The molecular formula is C17H23F2IN4S. The highest BCUT2D eigenvalue weighted by Gasteiger charge is 2.13. The van der Waals surface area contributed by atoms with E-state index in [1.54, 1.807) is 11.3 Å². The van der Waals surface area contributed by atoms with Crippen LogP contribution in [-0.4, -0.2) is 24.0 Å². The Morgan fingerprint density at radius 3 is 2.72 bits per heavy atom. The third kappa shape index (κ3) is 6.85. The maximum absolute atomic E-state index is 13.9. The standard InChI is InChI=1S/C17H22F2N4S.HI/c1-4-20-17(21-8-7-16-22-10-11(2)24-16)23-12(3)14-6-5-13(18)9-15(14)19;/h5-6,9-10,12H,4,7-8H2,1-3H3,(H2,20,21,23);1H. The van der Waals surface area contributed by atoms with Crippen LogP contribution >= 0.6 is 35.3 Å². The van der Waals surface area contributed by atoms with Crippen molar-refractivity contribution in [2.24, 2.45) is 4.99 Å². The van der Waals surface area contributed by atoms with Gasteiger partial charge in [-0.05, 0) is 26.8 Å². The van der Waals surface area contributed by atoms with Crippen LogP contribution in [0.15, 0.2) is 29.4 Å². The van der Waals surface area contributed by atoms with Crippen LogP contribution in [0.3, 0.4) is 0 Å². The van der Waals surface area contributed by atoms with E-state index in [2.05, 4.69) is 20.6 Å². The molecule has 0 bridgehead atoms. The molecule has 4 nitrogen and oxygen atoms in total. The third-order valence-corrected chi connectivity index (χ3v) is 4.36. The first-order valence-corrected chi connectivity index (χ1v) is 8.72. The lowest BCUT2D eigenvalue weighted by Crippen LogP contribution is -2.39. The van der Waals surface area contributed by atoms with E-state index in [9.17, 15) is 8.78 Å². The number of nitrogens with zero attached hydrogens (tertiary/aromatic N) is 2. The van der Waals surface area contributed by atoms with Gasteiger partial charge in [0.05, 0.1) is 11.0 Å². The molecular weight excluding hydrogens is 457 g/mol. The van der Waals surface area contributed by atoms with E-state index in [1.807, 2.05) is 27.0 Å². The van der Waals surface area contributed by atoms with Gasteiger partial charge in [-0.3, -0.25) is 4.99 Å². The number of aryl methyl sites for hydroxylation is 1. The van der Waals surface area contributed by atoms with Gasteiger partial charge in [-0.1, -0.05) is 6.07 Å². The van der Waals surface area contributed by atoms with E-state index in [-0.39, 0.29) is 30.0 Å². The second kappa shape index (κ2) is 10.6. The predicted molar refractivity (Wildman–Crippen MR) is 110 cm³/mol. The van der Waals surface area contributed by atoms with Gasteiger partial charge in [-0.15, -0.1) is 35.3 Å². The van der Waals surface area contributed by atoms with Crippen molar-refractivity contribution < 1.29 is 8.78 Å². The summed E-state index contributed by atoms with van der Waals surface area (Å²) < 4.78 is 26.9. The Kier molecular flexibility index (Phi) is 9.26. The maximum Gasteiger partial charge on any atom is 0.191 e. The van der Waals surface area contributed by atoms with E-state index in [1.165, 1.54) is 17.0 Å². The summed E-state index contributed by atoms with van der Waals surface area (Å²) in [6, 6.07) is 3.27. The van der Waals surface area contributed by atoms with Gasteiger partial charge in [0.1, 0.15) is 11.6 Å². The summed E-state index contributed by atoms with van der Waals surface area (Å²) in [5.74, 6) is -0.547. The molecule has 25 heavy (non-hydrogen) atoms. The van der Waals surface area contributed by atoms with Gasteiger partial charge in [-0.25, -0.2) is 13.8 Å². The Balaban J connectivity index is 0.00000312. The topological polar surface area (TPSA) is 49.3 Å². The van der Waals surface area contributed by atoms with Gasteiger partial charge in [0.2, 0.25) is 0 Å². The first-order valence-electron chi connectivity index (χ1n) is 7.90. The molecule has 0 radical (unpaired) electrons. The average Bonchev–Trinajstić information content (AvgIpc) is 2.92. The predicted octanol–water partition coefficient (Wildman–Crippen LogP) is 4.21. The fraction of sp³-hybridized carbons (Fsp3) is 0.412. The Labute approximate surface area is 168 Å². The van der Waals surface area contributed by atoms with Crippen LogP contribution in [0.5, 0.6) is 0 Å². The van der Waals surface area contributed by atoms with Crippen molar-refractivity contribution in [3.8, 4) is 0 Å². The lowest BCUT2D eigenvalue weighted by atomic mass is 10.1. The Morgan fingerprint density at radius 2 is 2.12 bits per heavy atom. The second-order valence-corrected chi connectivity index (χ2v) is 6.73.